The molecule has 1 heterocycles. The van der Waals surface area contributed by atoms with E-state index in [2.05, 4.69) is 20.8 Å². The lowest BCUT2D eigenvalue weighted by Crippen LogP contribution is -2.25. The molecule has 2 amide bonds. The summed E-state index contributed by atoms with van der Waals surface area (Å²) in [6.07, 6.45) is 0. The second-order valence-corrected chi connectivity index (χ2v) is 7.68. The molecule has 1 aromatic heterocycles. The summed E-state index contributed by atoms with van der Waals surface area (Å²) < 4.78 is 20.6. The number of hydrogen-bond donors (Lipinski definition) is 2. The summed E-state index contributed by atoms with van der Waals surface area (Å²) in [5.74, 6) is -0.397. The summed E-state index contributed by atoms with van der Waals surface area (Å²) in [6.45, 7) is 0.0587. The number of nitrogens with one attached hydrogen (secondary N) is 2. The monoisotopic (exact) mass is 463 g/mol. The Morgan fingerprint density at radius 1 is 1.23 bits per heavy atom. The van der Waals surface area contributed by atoms with Gasteiger partial charge in [0.1, 0.15) is 11.6 Å². The first kappa shape index (κ1) is 22.6. The van der Waals surface area contributed by atoms with Crippen molar-refractivity contribution in [2.45, 2.75) is 11.7 Å². The number of benzene rings is 2. The summed E-state index contributed by atoms with van der Waals surface area (Å²) in [5, 5.41) is 14.4. The maximum Gasteiger partial charge on any atom is 0.254 e. The van der Waals surface area contributed by atoms with Crippen molar-refractivity contribution in [3.8, 4) is 5.75 Å². The van der Waals surface area contributed by atoms with Gasteiger partial charge in [0, 0.05) is 12.1 Å². The largest absolute Gasteiger partial charge is 0.495 e. The molecule has 11 heteroatoms. The molecular weight excluding hydrogens is 445 g/mol. The molecule has 0 bridgehead atoms. The second kappa shape index (κ2) is 10.3. The van der Waals surface area contributed by atoms with E-state index < -0.39 is 11.7 Å². The third kappa shape index (κ3) is 5.74. The van der Waals surface area contributed by atoms with Crippen LogP contribution in [0.5, 0.6) is 5.75 Å². The summed E-state index contributed by atoms with van der Waals surface area (Å²) in [7, 11) is 3.21. The van der Waals surface area contributed by atoms with Gasteiger partial charge in [-0.3, -0.25) is 9.59 Å². The minimum absolute atomic E-state index is 0.0487. The summed E-state index contributed by atoms with van der Waals surface area (Å²) >= 11 is 7.15. The van der Waals surface area contributed by atoms with Gasteiger partial charge in [-0.15, -0.1) is 10.2 Å². The van der Waals surface area contributed by atoms with Crippen LogP contribution in [0.15, 0.2) is 47.6 Å². The Labute approximate surface area is 187 Å². The molecule has 2 aromatic carbocycles. The van der Waals surface area contributed by atoms with Crippen molar-refractivity contribution in [2.24, 2.45) is 7.05 Å². The highest BCUT2D eigenvalue weighted by Crippen LogP contribution is 2.28. The van der Waals surface area contributed by atoms with Gasteiger partial charge in [0.25, 0.3) is 5.91 Å². The zero-order chi connectivity index (χ0) is 22.4. The van der Waals surface area contributed by atoms with E-state index in [0.717, 1.165) is 0 Å². The molecule has 0 atom stereocenters. The van der Waals surface area contributed by atoms with Gasteiger partial charge in [0.05, 0.1) is 30.7 Å². The lowest BCUT2D eigenvalue weighted by Gasteiger charge is -2.10. The van der Waals surface area contributed by atoms with Crippen LogP contribution < -0.4 is 15.4 Å². The quantitative estimate of drug-likeness (QED) is 0.497. The number of aromatic nitrogens is 3. The summed E-state index contributed by atoms with van der Waals surface area (Å²) in [4.78, 5) is 24.4. The van der Waals surface area contributed by atoms with Crippen molar-refractivity contribution < 1.29 is 18.7 Å². The zero-order valence-electron chi connectivity index (χ0n) is 16.7. The number of nitrogens with zero attached hydrogens (tertiary/aromatic N) is 3. The van der Waals surface area contributed by atoms with E-state index in [1.54, 1.807) is 35.9 Å². The molecule has 0 saturated carbocycles. The maximum absolute atomic E-state index is 13.7. The molecular formula is C20H19ClFN5O3S. The molecule has 0 unspecified atom stereocenters. The highest BCUT2D eigenvalue weighted by atomic mass is 35.5. The van der Waals surface area contributed by atoms with Crippen LogP contribution in [0.1, 0.15) is 16.2 Å². The predicted octanol–water partition coefficient (Wildman–Crippen LogP) is 3.28. The number of anilines is 1. The molecule has 2 N–H and O–H groups in total. The third-order valence-electron chi connectivity index (χ3n) is 4.22. The number of ether oxygens (including phenoxy) is 1. The van der Waals surface area contributed by atoms with Crippen molar-refractivity contribution in [1.82, 2.24) is 20.1 Å². The predicted molar refractivity (Wildman–Crippen MR) is 116 cm³/mol. The van der Waals surface area contributed by atoms with Gasteiger partial charge >= 0.3 is 0 Å². The van der Waals surface area contributed by atoms with Crippen LogP contribution in [-0.2, 0) is 18.4 Å². The van der Waals surface area contributed by atoms with Gasteiger partial charge < -0.3 is 19.9 Å². The van der Waals surface area contributed by atoms with Crippen molar-refractivity contribution >= 4 is 40.9 Å². The molecule has 8 nitrogen and oxygen atoms in total. The Bertz CT molecular complexity index is 1110. The van der Waals surface area contributed by atoms with Gasteiger partial charge in [0.2, 0.25) is 5.91 Å². The molecule has 0 aliphatic carbocycles. The number of amides is 2. The minimum Gasteiger partial charge on any atom is -0.495 e. The Balaban J connectivity index is 1.56. The average molecular weight is 464 g/mol. The van der Waals surface area contributed by atoms with Crippen molar-refractivity contribution in [1.29, 1.82) is 0 Å². The van der Waals surface area contributed by atoms with E-state index in [1.165, 1.54) is 37.1 Å². The molecule has 3 rings (SSSR count). The fourth-order valence-corrected chi connectivity index (χ4v) is 3.52. The van der Waals surface area contributed by atoms with E-state index >= 15 is 0 Å². The normalized spacial score (nSPS) is 10.6. The van der Waals surface area contributed by atoms with E-state index in [4.69, 9.17) is 16.3 Å². The number of carbonyl (C=O) groups is 2. The summed E-state index contributed by atoms with van der Waals surface area (Å²) in [6, 6.07) is 10.6. The van der Waals surface area contributed by atoms with Gasteiger partial charge in [-0.2, -0.15) is 0 Å². The highest BCUT2D eigenvalue weighted by molar-refractivity contribution is 7.99. The van der Waals surface area contributed by atoms with Gasteiger partial charge in [-0.25, -0.2) is 4.39 Å². The minimum atomic E-state index is -0.600. The van der Waals surface area contributed by atoms with E-state index in [1.807, 2.05) is 0 Å². The van der Waals surface area contributed by atoms with Crippen LogP contribution in [0.25, 0.3) is 0 Å². The van der Waals surface area contributed by atoms with Crippen LogP contribution in [-0.4, -0.2) is 39.4 Å². The van der Waals surface area contributed by atoms with Gasteiger partial charge in [0.15, 0.2) is 11.0 Å². The molecule has 31 heavy (non-hydrogen) atoms. The first-order chi connectivity index (χ1) is 14.9. The van der Waals surface area contributed by atoms with Crippen LogP contribution in [0.3, 0.4) is 0 Å². The Morgan fingerprint density at radius 2 is 2.00 bits per heavy atom. The Hall–Kier alpha value is -3.11. The number of carbonyl (C=O) groups excluding carboxylic acids is 2. The zero-order valence-corrected chi connectivity index (χ0v) is 18.3. The number of thioether (sulfide) groups is 1. The maximum atomic E-state index is 13.7. The smallest absolute Gasteiger partial charge is 0.254 e. The fraction of sp³-hybridized carbons (Fsp3) is 0.200. The third-order valence-corrected chi connectivity index (χ3v) is 5.47. The lowest BCUT2D eigenvalue weighted by molar-refractivity contribution is -0.113. The Morgan fingerprint density at radius 3 is 2.74 bits per heavy atom. The van der Waals surface area contributed by atoms with Crippen LogP contribution in [0, 0.1) is 5.82 Å². The summed E-state index contributed by atoms with van der Waals surface area (Å²) in [5.41, 5.74) is 0.419. The van der Waals surface area contributed by atoms with Crippen molar-refractivity contribution in [3.63, 3.8) is 0 Å². The lowest BCUT2D eigenvalue weighted by atomic mass is 10.2. The molecule has 0 radical (unpaired) electrons. The van der Waals surface area contributed by atoms with Crippen molar-refractivity contribution in [3.05, 3.63) is 64.7 Å². The van der Waals surface area contributed by atoms with E-state index in [9.17, 15) is 14.0 Å². The molecule has 3 aromatic rings. The highest BCUT2D eigenvalue weighted by Gasteiger charge is 2.15. The van der Waals surface area contributed by atoms with Crippen LogP contribution in [0.2, 0.25) is 5.02 Å². The topological polar surface area (TPSA) is 98.1 Å². The second-order valence-electron chi connectivity index (χ2n) is 6.30. The first-order valence-electron chi connectivity index (χ1n) is 9.06. The molecule has 0 spiro atoms. The molecule has 0 aliphatic rings. The van der Waals surface area contributed by atoms with E-state index in [0.29, 0.717) is 27.4 Å². The number of hydrogen-bond acceptors (Lipinski definition) is 6. The fourth-order valence-electron chi connectivity index (χ4n) is 2.62. The number of halogens is 2. The van der Waals surface area contributed by atoms with E-state index in [-0.39, 0.29) is 23.8 Å². The first-order valence-corrected chi connectivity index (χ1v) is 10.4. The Kier molecular flexibility index (Phi) is 7.48. The molecule has 0 aliphatic heterocycles. The molecule has 0 saturated heterocycles. The number of rotatable bonds is 8. The standard InChI is InChI=1S/C20H19ClFN5O3S/c1-27-17(10-23-19(29)13-5-3-4-6-14(13)22)25-26-20(27)31-11-18(28)24-15-9-12(21)7-8-16(15)30-2/h3-9H,10-11H2,1-2H3,(H,23,29)(H,24,28). The van der Waals surface area contributed by atoms with Gasteiger partial charge in [-0.1, -0.05) is 35.5 Å². The van der Waals surface area contributed by atoms with Gasteiger partial charge in [-0.05, 0) is 30.3 Å². The van der Waals surface area contributed by atoms with Crippen LogP contribution in [0.4, 0.5) is 10.1 Å². The van der Waals surface area contributed by atoms with Crippen LogP contribution >= 0.6 is 23.4 Å². The molecule has 0 fully saturated rings. The average Bonchev–Trinajstić information content (AvgIpc) is 3.10. The number of methoxy groups -OCH3 is 1. The van der Waals surface area contributed by atoms with Crippen molar-refractivity contribution in [2.75, 3.05) is 18.2 Å². The molecule has 162 valence electrons. The SMILES string of the molecule is COc1ccc(Cl)cc1NC(=O)CSc1nnc(CNC(=O)c2ccccc2F)n1C.